The number of nitrogens with one attached hydrogen (secondary N) is 1. The summed E-state index contributed by atoms with van der Waals surface area (Å²) in [6, 6.07) is 7.93. The minimum Gasteiger partial charge on any atom is -0.496 e. The number of carbonyl (C=O) groups is 1. The lowest BCUT2D eigenvalue weighted by Gasteiger charge is -2.37. The van der Waals surface area contributed by atoms with Gasteiger partial charge in [-0.2, -0.15) is 11.3 Å². The maximum atomic E-state index is 12.9. The van der Waals surface area contributed by atoms with Gasteiger partial charge in [0.05, 0.1) is 18.7 Å². The van der Waals surface area contributed by atoms with E-state index in [0.717, 1.165) is 35.5 Å². The van der Waals surface area contributed by atoms with Crippen LogP contribution in [0.2, 0.25) is 0 Å². The molecule has 1 aliphatic heterocycles. The van der Waals surface area contributed by atoms with Crippen LogP contribution in [0.5, 0.6) is 5.75 Å². The Labute approximate surface area is 146 Å². The number of ether oxygens (including phenoxy) is 1. The number of hydrogen-bond donors (Lipinski definition) is 1. The molecule has 0 radical (unpaired) electrons. The predicted octanol–water partition coefficient (Wildman–Crippen LogP) is 3.27. The summed E-state index contributed by atoms with van der Waals surface area (Å²) in [5.74, 6) is 0.937. The van der Waals surface area contributed by atoms with E-state index in [1.807, 2.05) is 46.8 Å². The molecule has 0 bridgehead atoms. The van der Waals surface area contributed by atoms with Crippen LogP contribution in [0.3, 0.4) is 0 Å². The molecule has 0 aliphatic carbocycles. The van der Waals surface area contributed by atoms with Gasteiger partial charge in [-0.3, -0.25) is 4.79 Å². The molecule has 1 aliphatic rings. The third-order valence-corrected chi connectivity index (χ3v) is 4.95. The highest BCUT2D eigenvalue weighted by atomic mass is 35.5. The van der Waals surface area contributed by atoms with Gasteiger partial charge in [-0.25, -0.2) is 0 Å². The fraction of sp³-hybridized carbons (Fsp3) is 0.353. The summed E-state index contributed by atoms with van der Waals surface area (Å²) in [5.41, 5.74) is 2.91. The van der Waals surface area contributed by atoms with Crippen LogP contribution in [-0.4, -0.2) is 37.6 Å². The summed E-state index contributed by atoms with van der Waals surface area (Å²) in [4.78, 5) is 14.9. The van der Waals surface area contributed by atoms with E-state index < -0.39 is 0 Å². The summed E-state index contributed by atoms with van der Waals surface area (Å²) >= 11 is 1.58. The molecule has 6 heteroatoms. The predicted molar refractivity (Wildman–Crippen MR) is 95.9 cm³/mol. The van der Waals surface area contributed by atoms with Crippen LogP contribution in [0, 0.1) is 6.92 Å². The lowest BCUT2D eigenvalue weighted by Crippen LogP contribution is -2.48. The second-order valence-corrected chi connectivity index (χ2v) is 6.17. The number of para-hydroxylation sites is 1. The van der Waals surface area contributed by atoms with Crippen molar-refractivity contribution in [1.82, 2.24) is 10.2 Å². The van der Waals surface area contributed by atoms with E-state index in [2.05, 4.69) is 5.32 Å². The number of amides is 1. The van der Waals surface area contributed by atoms with E-state index in [1.54, 1.807) is 18.4 Å². The molecule has 1 atom stereocenters. The Morgan fingerprint density at radius 1 is 1.35 bits per heavy atom. The minimum absolute atomic E-state index is 0. The van der Waals surface area contributed by atoms with E-state index in [1.165, 1.54) is 0 Å². The average molecular weight is 353 g/mol. The van der Waals surface area contributed by atoms with Crippen LogP contribution in [0.25, 0.3) is 0 Å². The van der Waals surface area contributed by atoms with Gasteiger partial charge >= 0.3 is 0 Å². The zero-order valence-electron chi connectivity index (χ0n) is 13.2. The van der Waals surface area contributed by atoms with Gasteiger partial charge in [-0.05, 0) is 23.9 Å². The first-order chi connectivity index (χ1) is 10.7. The van der Waals surface area contributed by atoms with Crippen molar-refractivity contribution in [1.29, 1.82) is 0 Å². The van der Waals surface area contributed by atoms with Crippen LogP contribution in [0.15, 0.2) is 35.0 Å². The number of carbonyl (C=O) groups excluding carboxylic acids is 1. The third-order valence-electron chi connectivity index (χ3n) is 4.09. The van der Waals surface area contributed by atoms with Gasteiger partial charge in [-0.1, -0.05) is 18.2 Å². The highest BCUT2D eigenvalue weighted by Gasteiger charge is 2.31. The third kappa shape index (κ3) is 3.52. The van der Waals surface area contributed by atoms with Gasteiger partial charge in [0.1, 0.15) is 5.75 Å². The molecule has 1 unspecified atom stereocenters. The van der Waals surface area contributed by atoms with Crippen molar-refractivity contribution in [2.45, 2.75) is 13.0 Å². The monoisotopic (exact) mass is 352 g/mol. The summed E-state index contributed by atoms with van der Waals surface area (Å²) in [6.45, 7) is 4.26. The molecule has 2 aromatic rings. The first-order valence-corrected chi connectivity index (χ1v) is 8.34. The van der Waals surface area contributed by atoms with Crippen LogP contribution in [0.4, 0.5) is 0 Å². The zero-order chi connectivity index (χ0) is 15.5. The number of rotatable bonds is 3. The summed E-state index contributed by atoms with van der Waals surface area (Å²) < 4.78 is 5.48. The Morgan fingerprint density at radius 2 is 2.13 bits per heavy atom. The molecule has 3 rings (SSSR count). The number of aryl methyl sites for hydroxylation is 1. The number of hydrogen-bond acceptors (Lipinski definition) is 4. The molecule has 23 heavy (non-hydrogen) atoms. The Balaban J connectivity index is 0.00000192. The van der Waals surface area contributed by atoms with E-state index in [0.29, 0.717) is 6.54 Å². The van der Waals surface area contributed by atoms with Crippen molar-refractivity contribution in [3.05, 3.63) is 51.7 Å². The highest BCUT2D eigenvalue weighted by Crippen LogP contribution is 2.31. The molecule has 1 saturated heterocycles. The highest BCUT2D eigenvalue weighted by molar-refractivity contribution is 7.08. The zero-order valence-corrected chi connectivity index (χ0v) is 14.9. The standard InChI is InChI=1S/C17H20N2O2S.ClH/c1-12-10-22-11-14(12)17(20)19-8-7-18-9-15(19)13-5-3-4-6-16(13)21-2;/h3-6,10-11,15,18H,7-9H2,1-2H3;1H. The number of benzene rings is 1. The first kappa shape index (κ1) is 17.8. The van der Waals surface area contributed by atoms with Gasteiger partial charge in [0, 0.05) is 30.6 Å². The molecule has 4 nitrogen and oxygen atoms in total. The lowest BCUT2D eigenvalue weighted by molar-refractivity contribution is 0.0631. The molecule has 1 amide bonds. The van der Waals surface area contributed by atoms with Gasteiger partial charge < -0.3 is 15.0 Å². The molecule has 1 N–H and O–H groups in total. The van der Waals surface area contributed by atoms with Crippen LogP contribution in [0.1, 0.15) is 27.5 Å². The topological polar surface area (TPSA) is 41.6 Å². The van der Waals surface area contributed by atoms with Gasteiger partial charge in [-0.15, -0.1) is 12.4 Å². The molecular weight excluding hydrogens is 332 g/mol. The van der Waals surface area contributed by atoms with E-state index >= 15 is 0 Å². The van der Waals surface area contributed by atoms with E-state index in [4.69, 9.17) is 4.74 Å². The summed E-state index contributed by atoms with van der Waals surface area (Å²) in [5, 5.41) is 7.35. The maximum Gasteiger partial charge on any atom is 0.255 e. The Bertz CT molecular complexity index is 674. The SMILES string of the molecule is COc1ccccc1C1CNCCN1C(=O)c1cscc1C.Cl. The number of methoxy groups -OCH3 is 1. The number of thiophene rings is 1. The van der Waals surface area contributed by atoms with Crippen molar-refractivity contribution >= 4 is 29.7 Å². The van der Waals surface area contributed by atoms with Crippen LogP contribution >= 0.6 is 23.7 Å². The summed E-state index contributed by atoms with van der Waals surface area (Å²) in [6.07, 6.45) is 0. The van der Waals surface area contributed by atoms with Gasteiger partial charge in [0.25, 0.3) is 5.91 Å². The lowest BCUT2D eigenvalue weighted by atomic mass is 10.0. The maximum absolute atomic E-state index is 12.9. The van der Waals surface area contributed by atoms with E-state index in [9.17, 15) is 4.79 Å². The van der Waals surface area contributed by atoms with Gasteiger partial charge in [0.15, 0.2) is 0 Å². The first-order valence-electron chi connectivity index (χ1n) is 7.39. The molecule has 1 fully saturated rings. The van der Waals surface area contributed by atoms with Crippen LogP contribution in [-0.2, 0) is 0 Å². The number of piperazine rings is 1. The Morgan fingerprint density at radius 3 is 2.83 bits per heavy atom. The van der Waals surface area contributed by atoms with Crippen molar-refractivity contribution in [2.75, 3.05) is 26.7 Å². The molecule has 1 aromatic carbocycles. The van der Waals surface area contributed by atoms with Crippen molar-refractivity contribution in [3.8, 4) is 5.75 Å². The number of halogens is 1. The van der Waals surface area contributed by atoms with Crippen molar-refractivity contribution < 1.29 is 9.53 Å². The molecule has 1 aromatic heterocycles. The quantitative estimate of drug-likeness (QED) is 0.921. The second-order valence-electron chi connectivity index (χ2n) is 5.43. The molecular formula is C17H21ClN2O2S. The van der Waals surface area contributed by atoms with Crippen molar-refractivity contribution in [2.24, 2.45) is 0 Å². The minimum atomic E-state index is -0.00306. The Hall–Kier alpha value is -1.56. The number of nitrogens with zero attached hydrogens (tertiary/aromatic N) is 1. The van der Waals surface area contributed by atoms with E-state index in [-0.39, 0.29) is 24.4 Å². The Kier molecular flexibility index (Phi) is 6.04. The smallest absolute Gasteiger partial charge is 0.255 e. The molecule has 2 heterocycles. The average Bonchev–Trinajstić information content (AvgIpc) is 3.00. The van der Waals surface area contributed by atoms with Crippen molar-refractivity contribution in [3.63, 3.8) is 0 Å². The molecule has 0 saturated carbocycles. The van der Waals surface area contributed by atoms with Gasteiger partial charge in [0.2, 0.25) is 0 Å². The fourth-order valence-electron chi connectivity index (χ4n) is 2.90. The fourth-order valence-corrected chi connectivity index (χ4v) is 3.72. The largest absolute Gasteiger partial charge is 0.496 e. The normalized spacial score (nSPS) is 17.5. The van der Waals surface area contributed by atoms with Crippen LogP contribution < -0.4 is 10.1 Å². The molecule has 0 spiro atoms. The summed E-state index contributed by atoms with van der Waals surface area (Å²) in [7, 11) is 1.67. The molecule has 124 valence electrons. The second kappa shape index (κ2) is 7.81.